The van der Waals surface area contributed by atoms with Gasteiger partial charge < -0.3 is 30.3 Å². The first kappa shape index (κ1) is 58.6. The summed E-state index contributed by atoms with van der Waals surface area (Å²) in [6.07, 6.45) is 2.13. The van der Waals surface area contributed by atoms with Crippen LogP contribution in [-0.4, -0.2) is 79.1 Å². The van der Waals surface area contributed by atoms with Crippen LogP contribution in [0.3, 0.4) is 0 Å². The fourth-order valence-corrected chi connectivity index (χ4v) is 1.69. The van der Waals surface area contributed by atoms with Gasteiger partial charge in [-0.25, -0.2) is 4.79 Å². The van der Waals surface area contributed by atoms with Gasteiger partial charge in [0.2, 0.25) is 0 Å². The van der Waals surface area contributed by atoms with Gasteiger partial charge in [0.15, 0.2) is 0 Å². The SMILES string of the molecule is C.C.C.C.C.C.C=O.CCC(=O)CCO.CN.O=C(CCCOCCCO)ON1C(=O)CCC1=O. The van der Waals surface area contributed by atoms with Crippen LogP contribution in [0.25, 0.3) is 0 Å². The van der Waals surface area contributed by atoms with Gasteiger partial charge in [-0.05, 0) is 19.9 Å². The van der Waals surface area contributed by atoms with E-state index in [9.17, 15) is 19.2 Å². The molecule has 1 fully saturated rings. The lowest BCUT2D eigenvalue weighted by atomic mass is 10.2. The number of nitrogens with zero attached hydrogens (tertiary/aromatic N) is 1. The molecule has 1 aliphatic rings. The summed E-state index contributed by atoms with van der Waals surface area (Å²) < 4.78 is 5.12. The van der Waals surface area contributed by atoms with Crippen LogP contribution < -0.4 is 5.73 Å². The van der Waals surface area contributed by atoms with Crippen molar-refractivity contribution in [1.29, 1.82) is 0 Å². The standard InChI is InChI=1S/C11H17NO6.C5H10O2.CH5N.CH2O.6CH4/c13-6-2-8-17-7-1-3-11(16)18-12-9(14)4-5-10(12)15;1-2-5(7)3-4-6;2*1-2;;;;;;/h13H,1-8H2;6H,2-4H2,1H3;2H2,1H3;1H2;6*1H4. The first-order valence-corrected chi connectivity index (χ1v) is 9.20. The number of carbonyl (C=O) groups is 5. The molecule has 1 rings (SSSR count). The Labute approximate surface area is 215 Å². The predicted molar refractivity (Wildman–Crippen MR) is 144 cm³/mol. The van der Waals surface area contributed by atoms with Crippen molar-refractivity contribution in [2.24, 2.45) is 5.73 Å². The molecule has 4 N–H and O–H groups in total. The number of ether oxygens (including phenoxy) is 1. The van der Waals surface area contributed by atoms with Crippen molar-refractivity contribution in [3.8, 4) is 0 Å². The highest BCUT2D eigenvalue weighted by atomic mass is 16.7. The first-order chi connectivity index (χ1) is 14.0. The van der Waals surface area contributed by atoms with Gasteiger partial charge in [-0.15, -0.1) is 5.06 Å². The van der Waals surface area contributed by atoms with E-state index < -0.39 is 17.8 Å². The van der Waals surface area contributed by atoms with E-state index in [1.54, 1.807) is 6.92 Å². The van der Waals surface area contributed by atoms with Gasteiger partial charge in [-0.2, -0.15) is 0 Å². The van der Waals surface area contributed by atoms with Crippen molar-refractivity contribution in [1.82, 2.24) is 5.06 Å². The Morgan fingerprint density at radius 2 is 1.29 bits per heavy atom. The molecule has 0 aliphatic carbocycles. The van der Waals surface area contributed by atoms with E-state index in [4.69, 9.17) is 19.7 Å². The minimum Gasteiger partial charge on any atom is -0.396 e. The Balaban J connectivity index is -0.0000000495. The van der Waals surface area contributed by atoms with Crippen LogP contribution in [0.4, 0.5) is 0 Å². The molecule has 0 aromatic rings. The van der Waals surface area contributed by atoms with E-state index in [1.165, 1.54) is 7.05 Å². The highest BCUT2D eigenvalue weighted by Gasteiger charge is 2.32. The molecule has 1 saturated heterocycles. The average Bonchev–Trinajstić information content (AvgIpc) is 3.06. The molecular formula is C24H58N2O9. The summed E-state index contributed by atoms with van der Waals surface area (Å²) >= 11 is 0. The number of aliphatic hydroxyl groups is 2. The largest absolute Gasteiger partial charge is 0.396 e. The van der Waals surface area contributed by atoms with Crippen molar-refractivity contribution in [3.63, 3.8) is 0 Å². The van der Waals surface area contributed by atoms with E-state index in [1.807, 2.05) is 6.79 Å². The molecular weight excluding hydrogens is 460 g/mol. The van der Waals surface area contributed by atoms with Crippen LogP contribution in [0.15, 0.2) is 0 Å². The van der Waals surface area contributed by atoms with Crippen molar-refractivity contribution in [3.05, 3.63) is 0 Å². The van der Waals surface area contributed by atoms with Crippen LogP contribution in [0, 0.1) is 0 Å². The normalized spacial score (nSPS) is 9.91. The van der Waals surface area contributed by atoms with Crippen LogP contribution in [0.2, 0.25) is 0 Å². The van der Waals surface area contributed by atoms with E-state index in [2.05, 4.69) is 10.6 Å². The number of ketones is 1. The average molecular weight is 519 g/mol. The molecule has 0 aromatic heterocycles. The second-order valence-corrected chi connectivity index (χ2v) is 5.20. The molecule has 0 bridgehead atoms. The fourth-order valence-electron chi connectivity index (χ4n) is 1.69. The van der Waals surface area contributed by atoms with E-state index in [-0.39, 0.29) is 82.8 Å². The lowest BCUT2D eigenvalue weighted by molar-refractivity contribution is -0.197. The van der Waals surface area contributed by atoms with Gasteiger partial charge in [0.1, 0.15) is 12.6 Å². The number of imide groups is 1. The molecule has 11 nitrogen and oxygen atoms in total. The summed E-state index contributed by atoms with van der Waals surface area (Å²) in [4.78, 5) is 56.5. The van der Waals surface area contributed by atoms with Gasteiger partial charge in [0.25, 0.3) is 11.8 Å². The molecule has 218 valence electrons. The monoisotopic (exact) mass is 518 g/mol. The molecule has 0 radical (unpaired) electrons. The molecule has 0 atom stereocenters. The maximum Gasteiger partial charge on any atom is 0.333 e. The van der Waals surface area contributed by atoms with Crippen LogP contribution >= 0.6 is 0 Å². The van der Waals surface area contributed by atoms with E-state index >= 15 is 0 Å². The number of amides is 2. The molecule has 0 unspecified atom stereocenters. The fraction of sp³-hybridized carbons (Fsp3) is 0.792. The van der Waals surface area contributed by atoms with Crippen LogP contribution in [0.5, 0.6) is 0 Å². The number of rotatable bonds is 11. The number of nitrogens with two attached hydrogens (primary N) is 1. The number of hydrogen-bond acceptors (Lipinski definition) is 10. The van der Waals surface area contributed by atoms with Gasteiger partial charge in [-0.1, -0.05) is 51.5 Å². The van der Waals surface area contributed by atoms with Gasteiger partial charge >= 0.3 is 5.97 Å². The first-order valence-electron chi connectivity index (χ1n) is 9.20. The predicted octanol–water partition coefficient (Wildman–Crippen LogP) is 3.33. The molecule has 0 saturated carbocycles. The Morgan fingerprint density at radius 3 is 1.63 bits per heavy atom. The number of carbonyl (C=O) groups excluding carboxylic acids is 5. The summed E-state index contributed by atoms with van der Waals surface area (Å²) in [5.74, 6) is -1.45. The number of aliphatic hydroxyl groups excluding tert-OH is 2. The van der Waals surface area contributed by atoms with Crippen LogP contribution in [0.1, 0.15) is 96.4 Å². The maximum absolute atomic E-state index is 11.3. The lowest BCUT2D eigenvalue weighted by Gasteiger charge is -2.12. The number of hydroxylamine groups is 2. The topological polar surface area (TPSA) is 174 Å². The zero-order valence-corrected chi connectivity index (χ0v) is 17.3. The zero-order valence-electron chi connectivity index (χ0n) is 17.3. The van der Waals surface area contributed by atoms with E-state index in [0.717, 1.165) is 0 Å². The Hall–Kier alpha value is -2.21. The van der Waals surface area contributed by atoms with Gasteiger partial charge in [0, 0.05) is 52.1 Å². The van der Waals surface area contributed by atoms with E-state index in [0.29, 0.717) is 44.0 Å². The zero-order chi connectivity index (χ0) is 23.1. The summed E-state index contributed by atoms with van der Waals surface area (Å²) in [6.45, 7) is 4.66. The summed E-state index contributed by atoms with van der Waals surface area (Å²) in [6, 6.07) is 0. The van der Waals surface area contributed by atoms with Crippen molar-refractivity contribution in [2.75, 3.05) is 33.5 Å². The molecule has 35 heavy (non-hydrogen) atoms. The molecule has 0 aromatic carbocycles. The summed E-state index contributed by atoms with van der Waals surface area (Å²) in [5.41, 5.74) is 4.50. The third kappa shape index (κ3) is 36.5. The van der Waals surface area contributed by atoms with Gasteiger partial charge in [0.05, 0.1) is 6.42 Å². The Bertz CT molecular complexity index is 446. The quantitative estimate of drug-likeness (QED) is 0.272. The Morgan fingerprint density at radius 1 is 0.857 bits per heavy atom. The maximum atomic E-state index is 11.3. The van der Waals surface area contributed by atoms with Crippen LogP contribution in [-0.2, 0) is 33.5 Å². The summed E-state index contributed by atoms with van der Waals surface area (Å²) in [5, 5.41) is 17.2. The molecule has 1 aliphatic heterocycles. The number of hydrogen-bond donors (Lipinski definition) is 3. The lowest BCUT2D eigenvalue weighted by Crippen LogP contribution is -2.32. The Kier molecular flexibility index (Phi) is 75.8. The second-order valence-electron chi connectivity index (χ2n) is 5.20. The number of Topliss-reactive ketones (excluding diaryl/α,β-unsaturated/α-hetero) is 1. The van der Waals surface area contributed by atoms with Gasteiger partial charge in [-0.3, -0.25) is 14.4 Å². The molecule has 1 heterocycles. The van der Waals surface area contributed by atoms with Crippen molar-refractivity contribution >= 4 is 30.4 Å². The third-order valence-corrected chi connectivity index (χ3v) is 3.10. The molecule has 0 spiro atoms. The van der Waals surface area contributed by atoms with Crippen molar-refractivity contribution < 1.29 is 43.8 Å². The third-order valence-electron chi connectivity index (χ3n) is 3.10. The second kappa shape index (κ2) is 45.3. The summed E-state index contributed by atoms with van der Waals surface area (Å²) in [7, 11) is 1.50. The smallest absolute Gasteiger partial charge is 0.333 e. The minimum atomic E-state index is -0.621. The molecule has 2 amide bonds. The highest BCUT2D eigenvalue weighted by Crippen LogP contribution is 2.12. The van der Waals surface area contributed by atoms with Crippen molar-refractivity contribution in [2.45, 2.75) is 96.4 Å². The minimum absolute atomic E-state index is 0. The highest BCUT2D eigenvalue weighted by molar-refractivity contribution is 6.01. The molecule has 11 heteroatoms.